The Balaban J connectivity index is 1.79. The Morgan fingerprint density at radius 1 is 0.957 bits per heavy atom. The van der Waals surface area contributed by atoms with Crippen LogP contribution in [0, 0.1) is 0 Å². The van der Waals surface area contributed by atoms with E-state index in [1.807, 2.05) is 31.2 Å². The number of amides is 1. The van der Waals surface area contributed by atoms with Crippen molar-refractivity contribution in [3.05, 3.63) is 77.9 Å². The van der Waals surface area contributed by atoms with Crippen LogP contribution in [-0.2, 0) is 0 Å². The van der Waals surface area contributed by atoms with Gasteiger partial charge in [0.2, 0.25) is 0 Å². The van der Waals surface area contributed by atoms with Crippen molar-refractivity contribution in [3.63, 3.8) is 0 Å². The summed E-state index contributed by atoms with van der Waals surface area (Å²) in [5.41, 5.74) is 1.68. The molecule has 0 spiro atoms. The van der Waals surface area contributed by atoms with E-state index in [1.54, 1.807) is 19.2 Å². The minimum atomic E-state index is -0.107. The fourth-order valence-electron chi connectivity index (χ4n) is 2.60. The van der Waals surface area contributed by atoms with Crippen LogP contribution in [0.25, 0.3) is 10.8 Å². The SMILES string of the molecule is COc1cccc(C(=O)NC(C)c2ccc3ccccc3c2)c1. The largest absolute Gasteiger partial charge is 0.497 e. The number of rotatable bonds is 4. The highest BCUT2D eigenvalue weighted by Gasteiger charge is 2.12. The van der Waals surface area contributed by atoms with E-state index in [2.05, 4.69) is 35.6 Å². The van der Waals surface area contributed by atoms with Crippen molar-refractivity contribution >= 4 is 16.7 Å². The number of hydrogen-bond acceptors (Lipinski definition) is 2. The second kappa shape index (κ2) is 6.53. The van der Waals surface area contributed by atoms with E-state index in [9.17, 15) is 4.79 Å². The lowest BCUT2D eigenvalue weighted by Gasteiger charge is -2.15. The summed E-state index contributed by atoms with van der Waals surface area (Å²) in [6.45, 7) is 1.99. The standard InChI is InChI=1S/C20H19NO2/c1-14(16-11-10-15-6-3-4-7-17(15)12-16)21-20(22)18-8-5-9-19(13-18)23-2/h3-14H,1-2H3,(H,21,22). The van der Waals surface area contributed by atoms with E-state index in [0.717, 1.165) is 5.56 Å². The summed E-state index contributed by atoms with van der Waals surface area (Å²) in [4.78, 5) is 12.4. The van der Waals surface area contributed by atoms with Gasteiger partial charge in [0.25, 0.3) is 5.91 Å². The van der Waals surface area contributed by atoms with E-state index in [-0.39, 0.29) is 11.9 Å². The maximum absolute atomic E-state index is 12.4. The van der Waals surface area contributed by atoms with E-state index < -0.39 is 0 Å². The molecule has 3 nitrogen and oxygen atoms in total. The summed E-state index contributed by atoms with van der Waals surface area (Å²) in [7, 11) is 1.59. The van der Waals surface area contributed by atoms with Gasteiger partial charge in [-0.05, 0) is 47.5 Å². The first-order valence-electron chi connectivity index (χ1n) is 7.61. The van der Waals surface area contributed by atoms with Gasteiger partial charge in [-0.2, -0.15) is 0 Å². The highest BCUT2D eigenvalue weighted by Crippen LogP contribution is 2.21. The van der Waals surface area contributed by atoms with Gasteiger partial charge in [-0.25, -0.2) is 0 Å². The first kappa shape index (κ1) is 15.1. The average molecular weight is 305 g/mol. The molecule has 0 bridgehead atoms. The fraction of sp³-hybridized carbons (Fsp3) is 0.150. The molecule has 1 amide bonds. The Kier molecular flexibility index (Phi) is 4.29. The van der Waals surface area contributed by atoms with E-state index in [1.165, 1.54) is 10.8 Å². The van der Waals surface area contributed by atoms with Crippen molar-refractivity contribution in [2.75, 3.05) is 7.11 Å². The number of hydrogen-bond donors (Lipinski definition) is 1. The second-order valence-electron chi connectivity index (χ2n) is 5.53. The Morgan fingerprint density at radius 3 is 2.52 bits per heavy atom. The summed E-state index contributed by atoms with van der Waals surface area (Å²) >= 11 is 0. The minimum absolute atomic E-state index is 0.0710. The predicted molar refractivity (Wildman–Crippen MR) is 92.8 cm³/mol. The monoisotopic (exact) mass is 305 g/mol. The summed E-state index contributed by atoms with van der Waals surface area (Å²) in [6, 6.07) is 21.5. The molecular formula is C20H19NO2. The zero-order valence-corrected chi connectivity index (χ0v) is 13.2. The number of ether oxygens (including phenoxy) is 1. The van der Waals surface area contributed by atoms with E-state index in [4.69, 9.17) is 4.74 Å². The fourth-order valence-corrected chi connectivity index (χ4v) is 2.60. The molecule has 1 atom stereocenters. The molecule has 23 heavy (non-hydrogen) atoms. The van der Waals surface area contributed by atoms with Crippen molar-refractivity contribution in [1.29, 1.82) is 0 Å². The molecule has 0 aliphatic heterocycles. The number of nitrogens with one attached hydrogen (secondary N) is 1. The molecule has 116 valence electrons. The van der Waals surface area contributed by atoms with Crippen molar-refractivity contribution in [2.24, 2.45) is 0 Å². The predicted octanol–water partition coefficient (Wildman–Crippen LogP) is 4.34. The number of carbonyl (C=O) groups excluding carboxylic acids is 1. The summed E-state index contributed by atoms with van der Waals surface area (Å²) < 4.78 is 5.16. The maximum atomic E-state index is 12.4. The lowest BCUT2D eigenvalue weighted by atomic mass is 10.0. The van der Waals surface area contributed by atoms with Gasteiger partial charge in [-0.1, -0.05) is 42.5 Å². The maximum Gasteiger partial charge on any atom is 0.251 e. The highest BCUT2D eigenvalue weighted by molar-refractivity contribution is 5.95. The van der Waals surface area contributed by atoms with Gasteiger partial charge in [-0.15, -0.1) is 0 Å². The molecule has 0 aliphatic rings. The van der Waals surface area contributed by atoms with Gasteiger partial charge in [-0.3, -0.25) is 4.79 Å². The molecule has 0 saturated carbocycles. The van der Waals surface area contributed by atoms with Crippen molar-refractivity contribution < 1.29 is 9.53 Å². The molecule has 0 aromatic heterocycles. The molecule has 1 N–H and O–H groups in total. The van der Waals surface area contributed by atoms with Gasteiger partial charge in [0, 0.05) is 5.56 Å². The van der Waals surface area contributed by atoms with Gasteiger partial charge >= 0.3 is 0 Å². The number of methoxy groups -OCH3 is 1. The number of benzene rings is 3. The van der Waals surface area contributed by atoms with Crippen LogP contribution in [0.15, 0.2) is 66.7 Å². The molecule has 0 radical (unpaired) electrons. The summed E-state index contributed by atoms with van der Waals surface area (Å²) in [5, 5.41) is 5.40. The van der Waals surface area contributed by atoms with Crippen molar-refractivity contribution in [2.45, 2.75) is 13.0 Å². The first-order valence-corrected chi connectivity index (χ1v) is 7.61. The zero-order valence-electron chi connectivity index (χ0n) is 13.2. The molecule has 3 aromatic rings. The molecule has 0 aliphatic carbocycles. The van der Waals surface area contributed by atoms with Gasteiger partial charge in [0.05, 0.1) is 13.2 Å². The third-order valence-corrected chi connectivity index (χ3v) is 3.95. The lowest BCUT2D eigenvalue weighted by Crippen LogP contribution is -2.26. The summed E-state index contributed by atoms with van der Waals surface area (Å²) in [5.74, 6) is 0.570. The van der Waals surface area contributed by atoms with Crippen LogP contribution in [0.3, 0.4) is 0 Å². The normalized spacial score (nSPS) is 11.9. The summed E-state index contributed by atoms with van der Waals surface area (Å²) in [6.07, 6.45) is 0. The van der Waals surface area contributed by atoms with Crippen LogP contribution >= 0.6 is 0 Å². The van der Waals surface area contributed by atoms with Crippen LogP contribution in [0.5, 0.6) is 5.75 Å². The molecule has 3 heteroatoms. The highest BCUT2D eigenvalue weighted by atomic mass is 16.5. The van der Waals surface area contributed by atoms with Gasteiger partial charge < -0.3 is 10.1 Å². The Labute approximate surface area is 135 Å². The Morgan fingerprint density at radius 2 is 1.74 bits per heavy atom. The lowest BCUT2D eigenvalue weighted by molar-refractivity contribution is 0.0939. The van der Waals surface area contributed by atoms with E-state index in [0.29, 0.717) is 11.3 Å². The van der Waals surface area contributed by atoms with Gasteiger partial charge in [0.1, 0.15) is 5.75 Å². The second-order valence-corrected chi connectivity index (χ2v) is 5.53. The molecule has 3 rings (SSSR count). The van der Waals surface area contributed by atoms with Crippen LogP contribution in [0.4, 0.5) is 0 Å². The smallest absolute Gasteiger partial charge is 0.251 e. The molecule has 0 fully saturated rings. The molecule has 3 aromatic carbocycles. The number of carbonyl (C=O) groups is 1. The van der Waals surface area contributed by atoms with Crippen LogP contribution in [-0.4, -0.2) is 13.0 Å². The molecular weight excluding hydrogens is 286 g/mol. The Hall–Kier alpha value is -2.81. The van der Waals surface area contributed by atoms with Crippen LogP contribution in [0.2, 0.25) is 0 Å². The topological polar surface area (TPSA) is 38.3 Å². The van der Waals surface area contributed by atoms with Crippen LogP contribution < -0.4 is 10.1 Å². The molecule has 0 saturated heterocycles. The molecule has 1 unspecified atom stereocenters. The third kappa shape index (κ3) is 3.34. The number of fused-ring (bicyclic) bond motifs is 1. The van der Waals surface area contributed by atoms with Crippen molar-refractivity contribution in [1.82, 2.24) is 5.32 Å². The Bertz CT molecular complexity index is 842. The van der Waals surface area contributed by atoms with Crippen LogP contribution in [0.1, 0.15) is 28.9 Å². The quantitative estimate of drug-likeness (QED) is 0.778. The minimum Gasteiger partial charge on any atom is -0.497 e. The third-order valence-electron chi connectivity index (χ3n) is 3.95. The van der Waals surface area contributed by atoms with Gasteiger partial charge in [0.15, 0.2) is 0 Å². The van der Waals surface area contributed by atoms with E-state index >= 15 is 0 Å². The molecule has 0 heterocycles. The average Bonchev–Trinajstić information content (AvgIpc) is 2.61. The zero-order chi connectivity index (χ0) is 16.2. The first-order chi connectivity index (χ1) is 11.2. The van der Waals surface area contributed by atoms with Crippen molar-refractivity contribution in [3.8, 4) is 5.75 Å².